The largest absolute Gasteiger partial charge is 0.490 e. The van der Waals surface area contributed by atoms with Crippen LogP contribution in [0.2, 0.25) is 0 Å². The van der Waals surface area contributed by atoms with E-state index < -0.39 is 5.97 Å². The zero-order valence-electron chi connectivity index (χ0n) is 11.4. The maximum atomic E-state index is 10.7. The summed E-state index contributed by atoms with van der Waals surface area (Å²) in [4.78, 5) is 10.7. The molecule has 4 nitrogen and oxygen atoms in total. The topological polar surface area (TPSA) is 55.8 Å². The fourth-order valence-corrected chi connectivity index (χ4v) is 2.39. The molecule has 0 aromatic heterocycles. The number of rotatable bonds is 4. The Morgan fingerprint density at radius 3 is 2.74 bits per heavy atom. The van der Waals surface area contributed by atoms with Crippen LogP contribution in [0, 0.1) is 0 Å². The number of hydrogen-bond acceptors (Lipinski definition) is 3. The van der Waals surface area contributed by atoms with Gasteiger partial charge in [-0.25, -0.2) is 0 Å². The normalized spacial score (nSPS) is 14.3. The molecule has 2 rings (SSSR count). The molecule has 0 saturated carbocycles. The predicted molar refractivity (Wildman–Crippen MR) is 72.1 cm³/mol. The average Bonchev–Trinajstić information content (AvgIpc) is 2.59. The molecule has 1 aliphatic heterocycles. The number of aliphatic carboxylic acids is 1. The Hall–Kier alpha value is -1.71. The molecule has 0 aliphatic carbocycles. The fourth-order valence-electron chi connectivity index (χ4n) is 2.39. The monoisotopic (exact) mass is 264 g/mol. The van der Waals surface area contributed by atoms with Gasteiger partial charge >= 0.3 is 5.97 Å². The maximum Gasteiger partial charge on any atom is 0.303 e. The van der Waals surface area contributed by atoms with Crippen LogP contribution in [0.1, 0.15) is 43.7 Å². The number of ether oxygens (including phenoxy) is 2. The van der Waals surface area contributed by atoms with E-state index in [1.807, 2.05) is 12.1 Å². The van der Waals surface area contributed by atoms with Crippen LogP contribution in [-0.4, -0.2) is 24.3 Å². The van der Waals surface area contributed by atoms with E-state index in [2.05, 4.69) is 13.8 Å². The summed E-state index contributed by atoms with van der Waals surface area (Å²) < 4.78 is 11.5. The fraction of sp³-hybridized carbons (Fsp3) is 0.533. The lowest BCUT2D eigenvalue weighted by Gasteiger charge is -2.19. The number of carbonyl (C=O) groups is 1. The van der Waals surface area contributed by atoms with Crippen molar-refractivity contribution in [3.63, 3.8) is 0 Å². The van der Waals surface area contributed by atoms with Crippen molar-refractivity contribution >= 4 is 5.97 Å². The molecule has 1 N–H and O–H groups in total. The molecule has 0 atom stereocenters. The summed E-state index contributed by atoms with van der Waals surface area (Å²) in [6, 6.07) is 3.86. The number of fused-ring (bicyclic) bond motifs is 1. The summed E-state index contributed by atoms with van der Waals surface area (Å²) >= 11 is 0. The Balaban J connectivity index is 2.38. The zero-order valence-corrected chi connectivity index (χ0v) is 11.4. The standard InChI is InChI=1S/C15H20O4/c1-10(2)14-11(5-7-13(16)17)4-6-12-15(14)19-9-3-8-18-12/h4,6,10H,3,5,7-9H2,1-2H3,(H,16,17). The van der Waals surface area contributed by atoms with Gasteiger partial charge in [0.2, 0.25) is 0 Å². The predicted octanol–water partition coefficient (Wildman–Crippen LogP) is 2.99. The van der Waals surface area contributed by atoms with Crippen LogP contribution in [0.4, 0.5) is 0 Å². The SMILES string of the molecule is CC(C)c1c(CCC(=O)O)ccc2c1OCCCO2. The first-order valence-electron chi connectivity index (χ1n) is 6.72. The second-order valence-electron chi connectivity index (χ2n) is 5.06. The third-order valence-electron chi connectivity index (χ3n) is 3.23. The van der Waals surface area contributed by atoms with Gasteiger partial charge in [0.1, 0.15) is 0 Å². The Morgan fingerprint density at radius 1 is 1.32 bits per heavy atom. The Morgan fingerprint density at radius 2 is 2.05 bits per heavy atom. The molecule has 0 bridgehead atoms. The Labute approximate surface area is 113 Å². The van der Waals surface area contributed by atoms with Crippen LogP contribution in [0.15, 0.2) is 12.1 Å². The number of aryl methyl sites for hydroxylation is 1. The van der Waals surface area contributed by atoms with Gasteiger partial charge in [-0.3, -0.25) is 4.79 Å². The summed E-state index contributed by atoms with van der Waals surface area (Å²) in [5.41, 5.74) is 2.13. The first-order chi connectivity index (χ1) is 9.09. The maximum absolute atomic E-state index is 10.7. The molecular formula is C15H20O4. The molecule has 0 amide bonds. The minimum Gasteiger partial charge on any atom is -0.490 e. The van der Waals surface area contributed by atoms with Gasteiger partial charge in [-0.1, -0.05) is 19.9 Å². The number of hydrogen-bond donors (Lipinski definition) is 1. The van der Waals surface area contributed by atoms with Crippen molar-refractivity contribution in [1.29, 1.82) is 0 Å². The summed E-state index contributed by atoms with van der Waals surface area (Å²) in [5.74, 6) is 1.08. The highest BCUT2D eigenvalue weighted by Crippen LogP contribution is 2.40. The molecular weight excluding hydrogens is 244 g/mol. The molecule has 0 unspecified atom stereocenters. The van der Waals surface area contributed by atoms with E-state index in [9.17, 15) is 4.79 Å². The second kappa shape index (κ2) is 5.95. The smallest absolute Gasteiger partial charge is 0.303 e. The van der Waals surface area contributed by atoms with E-state index in [1.54, 1.807) is 0 Å². The van der Waals surface area contributed by atoms with Crippen LogP contribution in [0.5, 0.6) is 11.5 Å². The minimum atomic E-state index is -0.776. The lowest BCUT2D eigenvalue weighted by molar-refractivity contribution is -0.136. The molecule has 4 heteroatoms. The first kappa shape index (κ1) is 13.7. The quantitative estimate of drug-likeness (QED) is 0.908. The van der Waals surface area contributed by atoms with Crippen LogP contribution < -0.4 is 9.47 Å². The van der Waals surface area contributed by atoms with Crippen molar-refractivity contribution in [3.8, 4) is 11.5 Å². The number of benzene rings is 1. The summed E-state index contributed by atoms with van der Waals surface area (Å²) in [5, 5.41) is 8.83. The molecule has 1 heterocycles. The molecule has 0 spiro atoms. The summed E-state index contributed by atoms with van der Waals surface area (Å²) in [6.07, 6.45) is 1.54. The molecule has 1 aliphatic rings. The van der Waals surface area contributed by atoms with Crippen LogP contribution in [0.25, 0.3) is 0 Å². The van der Waals surface area contributed by atoms with E-state index in [1.165, 1.54) is 0 Å². The van der Waals surface area contributed by atoms with Gasteiger partial charge in [0.25, 0.3) is 0 Å². The van der Waals surface area contributed by atoms with Crippen molar-refractivity contribution < 1.29 is 19.4 Å². The third kappa shape index (κ3) is 3.19. The van der Waals surface area contributed by atoms with E-state index in [4.69, 9.17) is 14.6 Å². The highest BCUT2D eigenvalue weighted by atomic mass is 16.5. The molecule has 0 fully saturated rings. The van der Waals surface area contributed by atoms with Gasteiger partial charge in [0.15, 0.2) is 11.5 Å². The van der Waals surface area contributed by atoms with Gasteiger partial charge in [-0.2, -0.15) is 0 Å². The van der Waals surface area contributed by atoms with E-state index in [0.717, 1.165) is 29.0 Å². The van der Waals surface area contributed by atoms with Crippen LogP contribution >= 0.6 is 0 Å². The molecule has 19 heavy (non-hydrogen) atoms. The van der Waals surface area contributed by atoms with E-state index >= 15 is 0 Å². The summed E-state index contributed by atoms with van der Waals surface area (Å²) in [6.45, 7) is 5.50. The van der Waals surface area contributed by atoms with E-state index in [0.29, 0.717) is 19.6 Å². The van der Waals surface area contributed by atoms with Crippen molar-refractivity contribution in [2.45, 2.75) is 39.0 Å². The number of carboxylic acid groups (broad SMARTS) is 1. The van der Waals surface area contributed by atoms with Gasteiger partial charge in [-0.05, 0) is 24.0 Å². The molecule has 1 aromatic rings. The summed E-state index contributed by atoms with van der Waals surface area (Å²) in [7, 11) is 0. The molecule has 1 aromatic carbocycles. The van der Waals surface area contributed by atoms with Gasteiger partial charge in [0.05, 0.1) is 13.2 Å². The van der Waals surface area contributed by atoms with Crippen LogP contribution in [-0.2, 0) is 11.2 Å². The van der Waals surface area contributed by atoms with Crippen LogP contribution in [0.3, 0.4) is 0 Å². The van der Waals surface area contributed by atoms with Crippen molar-refractivity contribution in [1.82, 2.24) is 0 Å². The van der Waals surface area contributed by atoms with E-state index in [-0.39, 0.29) is 12.3 Å². The Bertz CT molecular complexity index is 465. The molecule has 0 saturated heterocycles. The molecule has 104 valence electrons. The van der Waals surface area contributed by atoms with Crippen molar-refractivity contribution in [2.75, 3.05) is 13.2 Å². The highest BCUT2D eigenvalue weighted by Gasteiger charge is 2.20. The highest BCUT2D eigenvalue weighted by molar-refractivity contribution is 5.67. The van der Waals surface area contributed by atoms with Gasteiger partial charge < -0.3 is 14.6 Å². The van der Waals surface area contributed by atoms with Gasteiger partial charge in [-0.15, -0.1) is 0 Å². The third-order valence-corrected chi connectivity index (χ3v) is 3.23. The number of carboxylic acids is 1. The van der Waals surface area contributed by atoms with Crippen molar-refractivity contribution in [3.05, 3.63) is 23.3 Å². The first-order valence-corrected chi connectivity index (χ1v) is 6.72. The lowest BCUT2D eigenvalue weighted by Crippen LogP contribution is -2.05. The van der Waals surface area contributed by atoms with Crippen molar-refractivity contribution in [2.24, 2.45) is 0 Å². The molecule has 0 radical (unpaired) electrons. The lowest BCUT2D eigenvalue weighted by atomic mass is 9.93. The zero-order chi connectivity index (χ0) is 13.8. The average molecular weight is 264 g/mol. The van der Waals surface area contributed by atoms with Gasteiger partial charge in [0, 0.05) is 18.4 Å². The minimum absolute atomic E-state index is 0.138. The Kier molecular flexibility index (Phi) is 4.30. The second-order valence-corrected chi connectivity index (χ2v) is 5.06.